The molecule has 0 bridgehead atoms. The van der Waals surface area contributed by atoms with Gasteiger partial charge >= 0.3 is 7.80 Å². The SMILES string of the molecule is CC.CC.O=[P+]1Cc2ccccc2Cc2ccccc2C1. The first kappa shape index (κ1) is 17.6. The Kier molecular flexibility index (Phi) is 7.93. The highest BCUT2D eigenvalue weighted by Gasteiger charge is 2.23. The van der Waals surface area contributed by atoms with E-state index in [1.807, 2.05) is 39.8 Å². The second kappa shape index (κ2) is 9.47. The van der Waals surface area contributed by atoms with E-state index in [1.54, 1.807) is 0 Å². The minimum Gasteiger partial charge on any atom is -0.0740 e. The Morgan fingerprint density at radius 2 is 1.00 bits per heavy atom. The maximum Gasteiger partial charge on any atom is 0.348 e. The summed E-state index contributed by atoms with van der Waals surface area (Å²) in [6, 6.07) is 16.7. The fourth-order valence-corrected chi connectivity index (χ4v) is 3.90. The zero-order valence-electron chi connectivity index (χ0n) is 13.6. The minimum atomic E-state index is -1.16. The zero-order chi connectivity index (χ0) is 15.7. The monoisotopic (exact) mass is 301 g/mol. The van der Waals surface area contributed by atoms with Crippen molar-refractivity contribution in [3.8, 4) is 0 Å². The van der Waals surface area contributed by atoms with Crippen LogP contribution in [-0.2, 0) is 23.3 Å². The van der Waals surface area contributed by atoms with Crippen molar-refractivity contribution in [2.24, 2.45) is 0 Å². The lowest BCUT2D eigenvalue weighted by atomic mass is 9.97. The van der Waals surface area contributed by atoms with Gasteiger partial charge in [-0.3, -0.25) is 0 Å². The van der Waals surface area contributed by atoms with Crippen LogP contribution in [-0.4, -0.2) is 0 Å². The van der Waals surface area contributed by atoms with Crippen molar-refractivity contribution in [3.63, 3.8) is 0 Å². The predicted octanol–water partition coefficient (Wildman–Crippen LogP) is 6.17. The van der Waals surface area contributed by atoms with E-state index < -0.39 is 7.80 Å². The van der Waals surface area contributed by atoms with E-state index in [0.717, 1.165) is 18.7 Å². The van der Waals surface area contributed by atoms with E-state index in [9.17, 15) is 4.57 Å². The van der Waals surface area contributed by atoms with Crippen LogP contribution in [0, 0.1) is 0 Å². The maximum absolute atomic E-state index is 12.1. The number of hydrogen-bond acceptors (Lipinski definition) is 1. The van der Waals surface area contributed by atoms with Gasteiger partial charge in [-0.1, -0.05) is 80.8 Å². The summed E-state index contributed by atoms with van der Waals surface area (Å²) in [5.74, 6) is 0. The molecule has 0 N–H and O–H groups in total. The molecular formula is C19H26OP+. The van der Waals surface area contributed by atoms with Gasteiger partial charge in [-0.25, -0.2) is 0 Å². The molecule has 2 heteroatoms. The molecule has 0 radical (unpaired) electrons. The Bertz CT molecular complexity index is 526. The molecule has 112 valence electrons. The first-order chi connectivity index (χ1) is 10.3. The standard InChI is InChI=1S/C15H14OP.2C2H6/c16-17-10-14-7-3-1-5-12(14)9-13-6-2-4-8-15(13)11-17;2*1-2/h1-8H,9-11H2;2*1-2H3/q+1;;. The van der Waals surface area contributed by atoms with Crippen LogP contribution in [0.4, 0.5) is 0 Å². The lowest BCUT2D eigenvalue weighted by molar-refractivity contribution is 0.586. The molecule has 1 nitrogen and oxygen atoms in total. The fraction of sp³-hybridized carbons (Fsp3) is 0.368. The molecule has 0 aromatic heterocycles. The molecule has 21 heavy (non-hydrogen) atoms. The first-order valence-electron chi connectivity index (χ1n) is 7.88. The molecule has 2 aromatic rings. The average Bonchev–Trinajstić information content (AvgIpc) is 2.53. The molecule has 0 saturated carbocycles. The summed E-state index contributed by atoms with van der Waals surface area (Å²) in [6.07, 6.45) is 2.41. The molecule has 3 rings (SSSR count). The summed E-state index contributed by atoms with van der Waals surface area (Å²) in [6.45, 7) is 8.00. The van der Waals surface area contributed by atoms with Crippen molar-refractivity contribution in [1.29, 1.82) is 0 Å². The van der Waals surface area contributed by atoms with Gasteiger partial charge in [0.1, 0.15) is 0 Å². The van der Waals surface area contributed by atoms with Gasteiger partial charge in [0.05, 0.1) is 0 Å². The summed E-state index contributed by atoms with van der Waals surface area (Å²) in [5, 5.41) is 0. The van der Waals surface area contributed by atoms with Crippen molar-refractivity contribution in [2.75, 3.05) is 0 Å². The van der Waals surface area contributed by atoms with E-state index in [0.29, 0.717) is 0 Å². The third-order valence-corrected chi connectivity index (χ3v) is 4.70. The first-order valence-corrected chi connectivity index (χ1v) is 9.51. The highest BCUT2D eigenvalue weighted by Crippen LogP contribution is 2.36. The number of rotatable bonds is 0. The van der Waals surface area contributed by atoms with Gasteiger partial charge in [-0.05, 0) is 17.5 Å². The van der Waals surface area contributed by atoms with Gasteiger partial charge in [-0.15, -0.1) is 0 Å². The molecule has 0 atom stereocenters. The van der Waals surface area contributed by atoms with Crippen molar-refractivity contribution in [3.05, 3.63) is 70.8 Å². The number of benzene rings is 2. The average molecular weight is 301 g/mol. The molecule has 0 unspecified atom stereocenters. The third kappa shape index (κ3) is 4.79. The second-order valence-electron chi connectivity index (χ2n) is 4.51. The molecule has 2 aromatic carbocycles. The van der Waals surface area contributed by atoms with Gasteiger partial charge in [-0.2, -0.15) is 0 Å². The van der Waals surface area contributed by atoms with E-state index in [-0.39, 0.29) is 0 Å². The summed E-state index contributed by atoms with van der Waals surface area (Å²) in [7, 11) is -1.16. The highest BCUT2D eigenvalue weighted by atomic mass is 31.1. The number of fused-ring (bicyclic) bond motifs is 2. The Labute approximate surface area is 130 Å². The summed E-state index contributed by atoms with van der Waals surface area (Å²) in [4.78, 5) is 0. The van der Waals surface area contributed by atoms with Crippen LogP contribution in [0.15, 0.2) is 48.5 Å². The predicted molar refractivity (Wildman–Crippen MR) is 93.4 cm³/mol. The van der Waals surface area contributed by atoms with Gasteiger partial charge < -0.3 is 0 Å². The topological polar surface area (TPSA) is 17.1 Å². The Morgan fingerprint density at radius 1 is 0.667 bits per heavy atom. The van der Waals surface area contributed by atoms with Crippen LogP contribution in [0.25, 0.3) is 0 Å². The third-order valence-electron chi connectivity index (χ3n) is 3.31. The van der Waals surface area contributed by atoms with Crippen LogP contribution in [0.3, 0.4) is 0 Å². The molecule has 0 fully saturated rings. The highest BCUT2D eigenvalue weighted by molar-refractivity contribution is 7.42. The van der Waals surface area contributed by atoms with Gasteiger partial charge in [0.2, 0.25) is 0 Å². The Balaban J connectivity index is 0.000000510. The molecule has 0 amide bonds. The quantitative estimate of drug-likeness (QED) is 0.532. The van der Waals surface area contributed by atoms with E-state index >= 15 is 0 Å². The lowest BCUT2D eigenvalue weighted by Crippen LogP contribution is -2.01. The van der Waals surface area contributed by atoms with Gasteiger partial charge in [0.25, 0.3) is 0 Å². The van der Waals surface area contributed by atoms with E-state index in [2.05, 4.69) is 36.4 Å². The van der Waals surface area contributed by atoms with Crippen molar-refractivity contribution in [1.82, 2.24) is 0 Å². The summed E-state index contributed by atoms with van der Waals surface area (Å²) < 4.78 is 12.1. The van der Waals surface area contributed by atoms with Crippen LogP contribution >= 0.6 is 7.80 Å². The smallest absolute Gasteiger partial charge is 0.0740 e. The fourth-order valence-electron chi connectivity index (χ4n) is 2.41. The second-order valence-corrected chi connectivity index (χ2v) is 6.11. The normalized spacial score (nSPS) is 12.3. The van der Waals surface area contributed by atoms with Crippen LogP contribution in [0.2, 0.25) is 0 Å². The van der Waals surface area contributed by atoms with Gasteiger partial charge in [0, 0.05) is 11.1 Å². The van der Waals surface area contributed by atoms with E-state index in [1.165, 1.54) is 22.3 Å². The van der Waals surface area contributed by atoms with Crippen molar-refractivity contribution >= 4 is 7.80 Å². The Morgan fingerprint density at radius 3 is 1.38 bits per heavy atom. The maximum atomic E-state index is 12.1. The van der Waals surface area contributed by atoms with Gasteiger partial charge in [0.15, 0.2) is 12.3 Å². The summed E-state index contributed by atoms with van der Waals surface area (Å²) >= 11 is 0. The Hall–Kier alpha value is -1.46. The molecular weight excluding hydrogens is 275 g/mol. The zero-order valence-corrected chi connectivity index (χ0v) is 14.5. The van der Waals surface area contributed by atoms with Crippen LogP contribution in [0.1, 0.15) is 49.9 Å². The van der Waals surface area contributed by atoms with E-state index in [4.69, 9.17) is 0 Å². The lowest BCUT2D eigenvalue weighted by Gasteiger charge is -2.11. The molecule has 1 heterocycles. The molecule has 1 aliphatic heterocycles. The number of hydrogen-bond donors (Lipinski definition) is 0. The molecule has 0 saturated heterocycles. The van der Waals surface area contributed by atoms with Crippen LogP contribution in [0.5, 0.6) is 0 Å². The largest absolute Gasteiger partial charge is 0.348 e. The summed E-state index contributed by atoms with van der Waals surface area (Å²) in [5.41, 5.74) is 5.15. The van der Waals surface area contributed by atoms with Crippen molar-refractivity contribution < 1.29 is 4.57 Å². The van der Waals surface area contributed by atoms with Crippen molar-refractivity contribution in [2.45, 2.75) is 46.4 Å². The van der Waals surface area contributed by atoms with Crippen LogP contribution < -0.4 is 0 Å². The molecule has 1 aliphatic rings. The minimum absolute atomic E-state index is 0.722. The molecule has 0 aliphatic carbocycles. The molecule has 0 spiro atoms.